The van der Waals surface area contributed by atoms with Gasteiger partial charge in [0.1, 0.15) is 5.82 Å². The SMILES string of the molecule is C[C@H](Sc1nccn1-c1cccc(F)c1)C(N)=O. The Morgan fingerprint density at radius 1 is 1.56 bits per heavy atom. The first-order valence-electron chi connectivity index (χ1n) is 5.33. The maximum Gasteiger partial charge on any atom is 0.230 e. The van der Waals surface area contributed by atoms with Crippen molar-refractivity contribution in [2.24, 2.45) is 5.73 Å². The van der Waals surface area contributed by atoms with Gasteiger partial charge in [0.2, 0.25) is 5.91 Å². The number of halogens is 1. The average Bonchev–Trinajstić information content (AvgIpc) is 2.77. The summed E-state index contributed by atoms with van der Waals surface area (Å²) < 4.78 is 14.9. The summed E-state index contributed by atoms with van der Waals surface area (Å²) in [5, 5.41) is 0.214. The molecule has 18 heavy (non-hydrogen) atoms. The number of nitrogens with zero attached hydrogens (tertiary/aromatic N) is 2. The van der Waals surface area contributed by atoms with E-state index in [0.29, 0.717) is 10.8 Å². The molecule has 0 saturated carbocycles. The lowest BCUT2D eigenvalue weighted by Crippen LogP contribution is -2.22. The third kappa shape index (κ3) is 2.70. The minimum atomic E-state index is -0.409. The number of carbonyl (C=O) groups is 1. The van der Waals surface area contributed by atoms with Crippen LogP contribution in [0.25, 0.3) is 5.69 Å². The molecule has 2 N–H and O–H groups in total. The monoisotopic (exact) mass is 265 g/mol. The van der Waals surface area contributed by atoms with Crippen LogP contribution in [0.15, 0.2) is 41.8 Å². The summed E-state index contributed by atoms with van der Waals surface area (Å²) in [6.45, 7) is 1.71. The highest BCUT2D eigenvalue weighted by Gasteiger charge is 2.14. The molecule has 94 valence electrons. The summed E-state index contributed by atoms with van der Waals surface area (Å²) in [6, 6.07) is 6.17. The number of aromatic nitrogens is 2. The molecule has 2 rings (SSSR count). The Bertz CT molecular complexity index is 570. The summed E-state index contributed by atoms with van der Waals surface area (Å²) >= 11 is 1.24. The van der Waals surface area contributed by atoms with Crippen molar-refractivity contribution < 1.29 is 9.18 Å². The zero-order valence-corrected chi connectivity index (χ0v) is 10.5. The van der Waals surface area contributed by atoms with Gasteiger partial charge in [-0.25, -0.2) is 9.37 Å². The Kier molecular flexibility index (Phi) is 3.66. The summed E-state index contributed by atoms with van der Waals surface area (Å²) in [5.41, 5.74) is 5.87. The third-order valence-electron chi connectivity index (χ3n) is 2.38. The van der Waals surface area contributed by atoms with Crippen molar-refractivity contribution in [2.45, 2.75) is 17.3 Å². The van der Waals surface area contributed by atoms with Crippen LogP contribution in [-0.4, -0.2) is 20.7 Å². The van der Waals surface area contributed by atoms with Gasteiger partial charge in [0.15, 0.2) is 5.16 Å². The number of carbonyl (C=O) groups excluding carboxylic acids is 1. The number of rotatable bonds is 4. The van der Waals surface area contributed by atoms with Crippen LogP contribution in [0, 0.1) is 5.82 Å². The minimum Gasteiger partial charge on any atom is -0.369 e. The van der Waals surface area contributed by atoms with Crippen molar-refractivity contribution >= 4 is 17.7 Å². The highest BCUT2D eigenvalue weighted by molar-refractivity contribution is 8.00. The normalized spacial score (nSPS) is 12.3. The van der Waals surface area contributed by atoms with Gasteiger partial charge in [0.25, 0.3) is 0 Å². The summed E-state index contributed by atoms with van der Waals surface area (Å²) in [4.78, 5) is 15.2. The topological polar surface area (TPSA) is 60.9 Å². The molecule has 0 aliphatic heterocycles. The second-order valence-corrected chi connectivity index (χ2v) is 5.03. The number of benzene rings is 1. The number of hydrogen-bond acceptors (Lipinski definition) is 3. The predicted molar refractivity (Wildman–Crippen MR) is 68.0 cm³/mol. The van der Waals surface area contributed by atoms with E-state index in [0.717, 1.165) is 0 Å². The minimum absolute atomic E-state index is 0.319. The lowest BCUT2D eigenvalue weighted by Gasteiger charge is -2.10. The molecule has 1 aromatic carbocycles. The molecule has 6 heteroatoms. The largest absolute Gasteiger partial charge is 0.369 e. The van der Waals surface area contributed by atoms with Crippen LogP contribution in [-0.2, 0) is 4.79 Å². The lowest BCUT2D eigenvalue weighted by atomic mass is 10.3. The number of primary amides is 1. The first-order valence-corrected chi connectivity index (χ1v) is 6.21. The number of thioether (sulfide) groups is 1. The van der Waals surface area contributed by atoms with Crippen molar-refractivity contribution in [2.75, 3.05) is 0 Å². The van der Waals surface area contributed by atoms with E-state index in [-0.39, 0.29) is 11.1 Å². The molecule has 0 radical (unpaired) electrons. The highest BCUT2D eigenvalue weighted by Crippen LogP contribution is 2.24. The van der Waals surface area contributed by atoms with Crippen LogP contribution in [0.3, 0.4) is 0 Å². The zero-order valence-electron chi connectivity index (χ0n) is 9.71. The van der Waals surface area contributed by atoms with E-state index in [2.05, 4.69) is 4.98 Å². The number of amides is 1. The number of nitrogens with two attached hydrogens (primary N) is 1. The molecular formula is C12H12FN3OS. The molecule has 0 spiro atoms. The molecule has 0 aliphatic rings. The van der Waals surface area contributed by atoms with E-state index in [1.54, 1.807) is 36.0 Å². The zero-order chi connectivity index (χ0) is 13.1. The second-order valence-electron chi connectivity index (χ2n) is 3.72. The fourth-order valence-electron chi connectivity index (χ4n) is 1.42. The number of imidazole rings is 1. The summed E-state index contributed by atoms with van der Waals surface area (Å²) in [7, 11) is 0. The molecule has 0 saturated heterocycles. The van der Waals surface area contributed by atoms with E-state index in [9.17, 15) is 9.18 Å². The van der Waals surface area contributed by atoms with Gasteiger partial charge in [-0.05, 0) is 25.1 Å². The lowest BCUT2D eigenvalue weighted by molar-refractivity contribution is -0.117. The first-order chi connectivity index (χ1) is 8.58. The first kappa shape index (κ1) is 12.6. The highest BCUT2D eigenvalue weighted by atomic mass is 32.2. The number of hydrogen-bond donors (Lipinski definition) is 1. The predicted octanol–water partition coefficient (Wildman–Crippen LogP) is 1.98. The Morgan fingerprint density at radius 3 is 3.00 bits per heavy atom. The van der Waals surface area contributed by atoms with Crippen molar-refractivity contribution in [3.05, 3.63) is 42.5 Å². The molecule has 1 heterocycles. The van der Waals surface area contributed by atoms with E-state index in [4.69, 9.17) is 5.73 Å². The van der Waals surface area contributed by atoms with Crippen LogP contribution >= 0.6 is 11.8 Å². The molecule has 0 fully saturated rings. The molecule has 1 amide bonds. The van der Waals surface area contributed by atoms with Crippen molar-refractivity contribution in [3.63, 3.8) is 0 Å². The maximum absolute atomic E-state index is 13.2. The van der Waals surface area contributed by atoms with Crippen LogP contribution in [0.1, 0.15) is 6.92 Å². The molecular weight excluding hydrogens is 253 g/mol. The Labute approximate surface area is 108 Å². The molecule has 1 atom stereocenters. The third-order valence-corrected chi connectivity index (χ3v) is 3.47. The molecule has 1 aromatic heterocycles. The summed E-state index contributed by atoms with van der Waals surface area (Å²) in [5.74, 6) is -0.728. The van der Waals surface area contributed by atoms with Crippen LogP contribution < -0.4 is 5.73 Å². The van der Waals surface area contributed by atoms with Gasteiger partial charge in [-0.2, -0.15) is 0 Å². The van der Waals surface area contributed by atoms with Gasteiger partial charge in [0, 0.05) is 12.4 Å². The fourth-order valence-corrected chi connectivity index (χ4v) is 2.25. The van der Waals surface area contributed by atoms with Crippen LogP contribution in [0.4, 0.5) is 4.39 Å². The Balaban J connectivity index is 2.30. The molecule has 4 nitrogen and oxygen atoms in total. The maximum atomic E-state index is 13.2. The van der Waals surface area contributed by atoms with Crippen molar-refractivity contribution in [1.29, 1.82) is 0 Å². The van der Waals surface area contributed by atoms with Gasteiger partial charge in [-0.1, -0.05) is 17.8 Å². The van der Waals surface area contributed by atoms with Crippen molar-refractivity contribution in [3.8, 4) is 5.69 Å². The van der Waals surface area contributed by atoms with Gasteiger partial charge < -0.3 is 5.73 Å². The van der Waals surface area contributed by atoms with Gasteiger partial charge in [-0.15, -0.1) is 0 Å². The molecule has 2 aromatic rings. The van der Waals surface area contributed by atoms with E-state index in [1.165, 1.54) is 23.9 Å². The van der Waals surface area contributed by atoms with E-state index < -0.39 is 5.91 Å². The van der Waals surface area contributed by atoms with Gasteiger partial charge in [0.05, 0.1) is 10.9 Å². The Hall–Kier alpha value is -1.82. The summed E-state index contributed by atoms with van der Waals surface area (Å²) in [6.07, 6.45) is 3.31. The van der Waals surface area contributed by atoms with Crippen LogP contribution in [0.5, 0.6) is 0 Å². The van der Waals surface area contributed by atoms with Gasteiger partial charge in [-0.3, -0.25) is 9.36 Å². The fraction of sp³-hybridized carbons (Fsp3) is 0.167. The standard InChI is InChI=1S/C12H12FN3OS/c1-8(11(14)17)18-12-15-5-6-16(12)10-4-2-3-9(13)7-10/h2-8H,1H3,(H2,14,17)/t8-/m0/s1. The molecule has 0 bridgehead atoms. The van der Waals surface area contributed by atoms with Crippen molar-refractivity contribution in [1.82, 2.24) is 9.55 Å². The average molecular weight is 265 g/mol. The Morgan fingerprint density at radius 2 is 2.33 bits per heavy atom. The smallest absolute Gasteiger partial charge is 0.230 e. The second kappa shape index (κ2) is 5.22. The molecule has 0 aliphatic carbocycles. The quantitative estimate of drug-likeness (QED) is 0.860. The van der Waals surface area contributed by atoms with Gasteiger partial charge >= 0.3 is 0 Å². The van der Waals surface area contributed by atoms with E-state index >= 15 is 0 Å². The van der Waals surface area contributed by atoms with E-state index in [1.807, 2.05) is 0 Å². The van der Waals surface area contributed by atoms with Crippen LogP contribution in [0.2, 0.25) is 0 Å². The molecule has 0 unspecified atom stereocenters.